The first kappa shape index (κ1) is 10.7. The quantitative estimate of drug-likeness (QED) is 0.790. The molecule has 0 bridgehead atoms. The van der Waals surface area contributed by atoms with E-state index >= 15 is 0 Å². The molecule has 2 aromatic rings. The predicted molar refractivity (Wildman–Crippen MR) is 58.3 cm³/mol. The lowest BCUT2D eigenvalue weighted by molar-refractivity contribution is -0.124. The monoisotopic (exact) mass is 240 g/mol. The summed E-state index contributed by atoms with van der Waals surface area (Å²) < 4.78 is 39.6. The van der Waals surface area contributed by atoms with Gasteiger partial charge >= 0.3 is 0 Å². The molecule has 1 aromatic carbocycles. The Morgan fingerprint density at radius 1 is 1.24 bits per heavy atom. The number of hydrogen-bond donors (Lipinski definition) is 2. The topological polar surface area (TPSA) is 41.8 Å². The summed E-state index contributed by atoms with van der Waals surface area (Å²) in [6.07, 6.45) is 0.672. The van der Waals surface area contributed by atoms with E-state index in [0.29, 0.717) is 16.5 Å². The number of halogens is 3. The number of fused-ring (bicyclic) bond motifs is 1. The fourth-order valence-electron chi connectivity index (χ4n) is 2.59. The van der Waals surface area contributed by atoms with E-state index < -0.39 is 30.1 Å². The molecule has 17 heavy (non-hydrogen) atoms. The zero-order valence-electron chi connectivity index (χ0n) is 8.93. The van der Waals surface area contributed by atoms with Gasteiger partial charge in [0.1, 0.15) is 5.82 Å². The van der Waals surface area contributed by atoms with Crippen molar-refractivity contribution in [3.63, 3.8) is 0 Å². The van der Waals surface area contributed by atoms with E-state index in [1.54, 1.807) is 12.1 Å². The zero-order valence-corrected chi connectivity index (χ0v) is 8.93. The molecule has 1 heterocycles. The molecule has 1 aromatic heterocycles. The van der Waals surface area contributed by atoms with Gasteiger partial charge in [-0.15, -0.1) is 0 Å². The lowest BCUT2D eigenvalue weighted by Gasteiger charge is -2.44. The van der Waals surface area contributed by atoms with Crippen molar-refractivity contribution in [1.29, 1.82) is 0 Å². The molecular weight excluding hydrogens is 229 g/mol. The molecule has 0 unspecified atom stereocenters. The molecule has 0 radical (unpaired) electrons. The molecule has 3 N–H and O–H groups in total. The smallest absolute Gasteiger partial charge is 0.252 e. The van der Waals surface area contributed by atoms with Crippen LogP contribution in [0.4, 0.5) is 13.2 Å². The van der Waals surface area contributed by atoms with Crippen LogP contribution in [0.15, 0.2) is 24.4 Å². The van der Waals surface area contributed by atoms with Crippen molar-refractivity contribution >= 4 is 10.9 Å². The van der Waals surface area contributed by atoms with Crippen molar-refractivity contribution in [2.24, 2.45) is 5.73 Å². The minimum absolute atomic E-state index is 0.325. The van der Waals surface area contributed by atoms with E-state index in [9.17, 15) is 13.2 Å². The van der Waals surface area contributed by atoms with Crippen LogP contribution >= 0.6 is 0 Å². The molecule has 0 atom stereocenters. The maximum Gasteiger partial charge on any atom is 0.252 e. The fourth-order valence-corrected chi connectivity index (χ4v) is 2.59. The van der Waals surface area contributed by atoms with Gasteiger partial charge in [0.05, 0.1) is 5.54 Å². The highest BCUT2D eigenvalue weighted by atomic mass is 19.3. The standard InChI is InChI=1S/C12H11F3N2/c13-8-2-1-3-9-10(8)7(4-17-9)11(16)5-12(14,15)6-11/h1-4,17H,5-6,16H2. The molecule has 1 fully saturated rings. The summed E-state index contributed by atoms with van der Waals surface area (Å²) in [6, 6.07) is 4.57. The molecule has 1 saturated carbocycles. The maximum atomic E-state index is 13.7. The Bertz CT molecular complexity index is 580. The Morgan fingerprint density at radius 3 is 2.59 bits per heavy atom. The van der Waals surface area contributed by atoms with Crippen molar-refractivity contribution in [3.05, 3.63) is 35.8 Å². The molecular formula is C12H11F3N2. The van der Waals surface area contributed by atoms with Crippen molar-refractivity contribution < 1.29 is 13.2 Å². The highest BCUT2D eigenvalue weighted by molar-refractivity contribution is 5.85. The van der Waals surface area contributed by atoms with Crippen molar-refractivity contribution in [2.75, 3.05) is 0 Å². The van der Waals surface area contributed by atoms with Crippen LogP contribution in [0.3, 0.4) is 0 Å². The third kappa shape index (κ3) is 1.45. The first-order chi connectivity index (χ1) is 7.91. The second-order valence-electron chi connectivity index (χ2n) is 4.73. The van der Waals surface area contributed by atoms with E-state index in [-0.39, 0.29) is 0 Å². The first-order valence-corrected chi connectivity index (χ1v) is 5.34. The summed E-state index contributed by atoms with van der Waals surface area (Å²) in [5.74, 6) is -3.16. The van der Waals surface area contributed by atoms with Gasteiger partial charge < -0.3 is 10.7 Å². The average Bonchev–Trinajstić information content (AvgIpc) is 2.59. The highest BCUT2D eigenvalue weighted by Crippen LogP contribution is 2.51. The highest BCUT2D eigenvalue weighted by Gasteiger charge is 2.56. The van der Waals surface area contributed by atoms with E-state index in [0.717, 1.165) is 0 Å². The number of rotatable bonds is 1. The van der Waals surface area contributed by atoms with Crippen molar-refractivity contribution in [3.8, 4) is 0 Å². The molecule has 3 rings (SSSR count). The Morgan fingerprint density at radius 2 is 1.94 bits per heavy atom. The van der Waals surface area contributed by atoms with Crippen molar-refractivity contribution in [1.82, 2.24) is 4.98 Å². The van der Waals surface area contributed by atoms with Crippen LogP contribution in [0.2, 0.25) is 0 Å². The molecule has 90 valence electrons. The largest absolute Gasteiger partial charge is 0.361 e. The predicted octanol–water partition coefficient (Wildman–Crippen LogP) is 2.89. The molecule has 2 nitrogen and oxygen atoms in total. The van der Waals surface area contributed by atoms with Crippen LogP contribution < -0.4 is 5.73 Å². The van der Waals surface area contributed by atoms with E-state index in [4.69, 9.17) is 5.73 Å². The lowest BCUT2D eigenvalue weighted by Crippen LogP contribution is -2.55. The summed E-state index contributed by atoms with van der Waals surface area (Å²) in [5.41, 5.74) is 5.82. The van der Waals surface area contributed by atoms with E-state index in [2.05, 4.69) is 4.98 Å². The third-order valence-electron chi connectivity index (χ3n) is 3.34. The van der Waals surface area contributed by atoms with Gasteiger partial charge in [0, 0.05) is 35.5 Å². The number of nitrogens with one attached hydrogen (secondary N) is 1. The normalized spacial score (nSPS) is 21.4. The van der Waals surface area contributed by atoms with Gasteiger partial charge in [-0.1, -0.05) is 6.07 Å². The molecule has 1 aliphatic rings. The minimum atomic E-state index is -2.73. The van der Waals surface area contributed by atoms with Gasteiger partial charge in [0.2, 0.25) is 0 Å². The maximum absolute atomic E-state index is 13.7. The van der Waals surface area contributed by atoms with Crippen LogP contribution in [-0.2, 0) is 5.54 Å². The second-order valence-corrected chi connectivity index (χ2v) is 4.73. The number of hydrogen-bond acceptors (Lipinski definition) is 1. The molecule has 0 spiro atoms. The van der Waals surface area contributed by atoms with Gasteiger partial charge in [-0.2, -0.15) is 0 Å². The Labute approximate surface area is 95.6 Å². The van der Waals surface area contributed by atoms with Gasteiger partial charge in [-0.25, -0.2) is 13.2 Å². The number of H-pyrrole nitrogens is 1. The van der Waals surface area contributed by atoms with Crippen LogP contribution in [0.1, 0.15) is 18.4 Å². The van der Waals surface area contributed by atoms with E-state index in [1.807, 2.05) is 0 Å². The van der Waals surface area contributed by atoms with Gasteiger partial charge in [0.15, 0.2) is 0 Å². The number of alkyl halides is 2. The van der Waals surface area contributed by atoms with Gasteiger partial charge in [-0.05, 0) is 12.1 Å². The molecule has 1 aliphatic carbocycles. The van der Waals surface area contributed by atoms with Crippen LogP contribution in [0.25, 0.3) is 10.9 Å². The number of aromatic amines is 1. The molecule has 0 amide bonds. The summed E-state index contributed by atoms with van der Waals surface area (Å²) in [7, 11) is 0. The Kier molecular flexibility index (Phi) is 1.91. The molecule has 5 heteroatoms. The summed E-state index contributed by atoms with van der Waals surface area (Å²) in [5, 5.41) is 0.325. The Hall–Kier alpha value is -1.49. The average molecular weight is 240 g/mol. The molecule has 0 saturated heterocycles. The fraction of sp³-hybridized carbons (Fsp3) is 0.333. The number of aromatic nitrogens is 1. The SMILES string of the molecule is NC1(c2c[nH]c3cccc(F)c23)CC(F)(F)C1. The van der Waals surface area contributed by atoms with Crippen molar-refractivity contribution in [2.45, 2.75) is 24.3 Å². The molecule has 0 aliphatic heterocycles. The van der Waals surface area contributed by atoms with E-state index in [1.165, 1.54) is 12.3 Å². The zero-order chi connectivity index (χ0) is 12.3. The Balaban J connectivity index is 2.13. The third-order valence-corrected chi connectivity index (χ3v) is 3.34. The minimum Gasteiger partial charge on any atom is -0.361 e. The summed E-state index contributed by atoms with van der Waals surface area (Å²) in [4.78, 5) is 2.87. The number of nitrogens with two attached hydrogens (primary N) is 1. The number of benzene rings is 1. The first-order valence-electron chi connectivity index (χ1n) is 5.34. The summed E-state index contributed by atoms with van der Waals surface area (Å²) >= 11 is 0. The summed E-state index contributed by atoms with van der Waals surface area (Å²) in [6.45, 7) is 0. The second kappa shape index (κ2) is 3.04. The van der Waals surface area contributed by atoms with Crippen LogP contribution in [-0.4, -0.2) is 10.9 Å². The van der Waals surface area contributed by atoms with Crippen LogP contribution in [0.5, 0.6) is 0 Å². The van der Waals surface area contributed by atoms with Gasteiger partial charge in [0.25, 0.3) is 5.92 Å². The van der Waals surface area contributed by atoms with Gasteiger partial charge in [-0.3, -0.25) is 0 Å². The lowest BCUT2D eigenvalue weighted by atomic mass is 9.70. The van der Waals surface area contributed by atoms with Crippen LogP contribution in [0, 0.1) is 5.82 Å².